The monoisotopic (exact) mass is 642 g/mol. The van der Waals surface area contributed by atoms with E-state index in [0.717, 1.165) is 4.90 Å². The van der Waals surface area contributed by atoms with Gasteiger partial charge in [-0.1, -0.05) is 23.7 Å². The number of nitrogens with zero attached hydrogens (tertiary/aromatic N) is 3. The number of ether oxygens (including phenoxy) is 1. The fourth-order valence-corrected chi connectivity index (χ4v) is 6.72. The maximum absolute atomic E-state index is 14.6. The average molecular weight is 643 g/mol. The molecule has 0 spiro atoms. The van der Waals surface area contributed by atoms with Crippen LogP contribution in [0.25, 0.3) is 10.9 Å². The number of hydrogen-bond donors (Lipinski definition) is 2. The minimum absolute atomic E-state index is 0.101. The molecule has 15 heteroatoms. The highest BCUT2D eigenvalue weighted by Gasteiger charge is 2.40. The normalized spacial score (nSPS) is 17.9. The van der Waals surface area contributed by atoms with Crippen molar-refractivity contribution in [1.82, 2.24) is 20.0 Å². The molecule has 1 unspecified atom stereocenters. The van der Waals surface area contributed by atoms with E-state index in [9.17, 15) is 28.0 Å². The number of alkyl halides is 1. The number of fused-ring (bicyclic) bond motifs is 1. The lowest BCUT2D eigenvalue weighted by Gasteiger charge is -2.24. The van der Waals surface area contributed by atoms with E-state index in [-0.39, 0.29) is 60.9 Å². The Morgan fingerprint density at radius 1 is 1.19 bits per heavy atom. The second kappa shape index (κ2) is 14.2. The molecule has 43 heavy (non-hydrogen) atoms. The molecule has 4 rings (SSSR count). The summed E-state index contributed by atoms with van der Waals surface area (Å²) in [6.45, 7) is 4.49. The van der Waals surface area contributed by atoms with Crippen LogP contribution in [-0.2, 0) is 41.0 Å². The highest BCUT2D eigenvalue weighted by atomic mass is 35.5. The number of rotatable bonds is 13. The topological polar surface area (TPSA) is 132 Å². The van der Waals surface area contributed by atoms with Crippen molar-refractivity contribution in [1.29, 1.82) is 0 Å². The molecule has 0 saturated carbocycles. The minimum atomic E-state index is -3.72. The standard InChI is InChI=1S/C28H34ClF2N4O7P/c1-4-40-28(38)26-20-11-10-19(43(39,41-5-2)42-6-3)13-22(20)35(33-26)16-24(36)34-15-18(30)12-23(34)27(37)32-14-17-8-7-9-21(29)25(17)31/h7-11,13,18,23,28,38H,4-6,12,14-16H2,1-3H3,(H,32,37)/t18-,23+,28?/m1/s1. The van der Waals surface area contributed by atoms with Crippen LogP contribution < -0.4 is 10.6 Å². The predicted molar refractivity (Wildman–Crippen MR) is 155 cm³/mol. The van der Waals surface area contributed by atoms with Crippen LogP contribution in [0.1, 0.15) is 44.7 Å². The summed E-state index contributed by atoms with van der Waals surface area (Å²) in [6, 6.07) is 7.82. The van der Waals surface area contributed by atoms with E-state index in [0.29, 0.717) is 10.9 Å². The van der Waals surface area contributed by atoms with Gasteiger partial charge in [-0.3, -0.25) is 18.8 Å². The predicted octanol–water partition coefficient (Wildman–Crippen LogP) is 4.00. The third kappa shape index (κ3) is 7.25. The molecule has 0 aliphatic carbocycles. The zero-order chi connectivity index (χ0) is 31.3. The molecule has 11 nitrogen and oxygen atoms in total. The first-order valence-electron chi connectivity index (χ1n) is 13.9. The van der Waals surface area contributed by atoms with Crippen molar-refractivity contribution in [3.8, 4) is 0 Å². The van der Waals surface area contributed by atoms with Crippen LogP contribution in [-0.4, -0.2) is 70.2 Å². The van der Waals surface area contributed by atoms with Crippen molar-refractivity contribution < 1.29 is 41.8 Å². The second-order valence-corrected chi connectivity index (χ2v) is 12.1. The van der Waals surface area contributed by atoms with Gasteiger partial charge in [-0.05, 0) is 45.0 Å². The molecule has 0 bridgehead atoms. The van der Waals surface area contributed by atoms with Gasteiger partial charge in [0.15, 0.2) is 0 Å². The number of aromatic nitrogens is 2. The summed E-state index contributed by atoms with van der Waals surface area (Å²) in [5.74, 6) is -1.96. The van der Waals surface area contributed by atoms with Crippen molar-refractivity contribution in [2.75, 3.05) is 26.4 Å². The van der Waals surface area contributed by atoms with Crippen molar-refractivity contribution >= 4 is 47.2 Å². The molecular formula is C28H34ClF2N4O7P. The van der Waals surface area contributed by atoms with Gasteiger partial charge < -0.3 is 29.1 Å². The number of nitrogens with one attached hydrogen (secondary N) is 1. The molecule has 2 amide bonds. The molecular weight excluding hydrogens is 609 g/mol. The van der Waals surface area contributed by atoms with Gasteiger partial charge >= 0.3 is 7.60 Å². The van der Waals surface area contributed by atoms with Gasteiger partial charge in [-0.25, -0.2) is 8.78 Å². The molecule has 2 heterocycles. The fraction of sp³-hybridized carbons (Fsp3) is 0.464. The molecule has 2 aromatic carbocycles. The highest BCUT2D eigenvalue weighted by Crippen LogP contribution is 2.47. The molecule has 3 atom stereocenters. The smallest absolute Gasteiger partial charge is 0.361 e. The van der Waals surface area contributed by atoms with Crippen molar-refractivity contribution in [3.63, 3.8) is 0 Å². The number of benzene rings is 2. The fourth-order valence-electron chi connectivity index (χ4n) is 4.94. The van der Waals surface area contributed by atoms with Crippen LogP contribution in [0, 0.1) is 5.82 Å². The third-order valence-corrected chi connectivity index (χ3v) is 9.28. The van der Waals surface area contributed by atoms with E-state index >= 15 is 0 Å². The largest absolute Gasteiger partial charge is 0.363 e. The number of halogens is 3. The summed E-state index contributed by atoms with van der Waals surface area (Å²) in [6.07, 6.45) is -3.12. The highest BCUT2D eigenvalue weighted by molar-refractivity contribution is 7.62. The lowest BCUT2D eigenvalue weighted by molar-refractivity contribution is -0.139. The molecule has 1 aromatic heterocycles. The van der Waals surface area contributed by atoms with Crippen LogP contribution in [0.4, 0.5) is 8.78 Å². The Morgan fingerprint density at radius 3 is 2.58 bits per heavy atom. The van der Waals surface area contributed by atoms with Gasteiger partial charge in [0.05, 0.1) is 35.6 Å². The molecule has 1 aliphatic heterocycles. The van der Waals surface area contributed by atoms with E-state index < -0.39 is 50.3 Å². The molecule has 0 radical (unpaired) electrons. The van der Waals surface area contributed by atoms with E-state index in [1.54, 1.807) is 26.8 Å². The van der Waals surface area contributed by atoms with Crippen LogP contribution in [0.5, 0.6) is 0 Å². The first-order valence-corrected chi connectivity index (χ1v) is 15.8. The molecule has 2 N–H and O–H groups in total. The summed E-state index contributed by atoms with van der Waals surface area (Å²) < 4.78 is 59.8. The van der Waals surface area contributed by atoms with E-state index in [1.807, 2.05) is 0 Å². The zero-order valence-electron chi connectivity index (χ0n) is 24.0. The first-order chi connectivity index (χ1) is 20.5. The van der Waals surface area contributed by atoms with Crippen molar-refractivity contribution in [3.05, 3.63) is 58.5 Å². The van der Waals surface area contributed by atoms with Gasteiger partial charge in [0, 0.05) is 30.5 Å². The summed E-state index contributed by atoms with van der Waals surface area (Å²) >= 11 is 5.81. The maximum Gasteiger partial charge on any atom is 0.361 e. The van der Waals surface area contributed by atoms with E-state index in [4.69, 9.17) is 25.4 Å². The lowest BCUT2D eigenvalue weighted by Crippen LogP contribution is -2.46. The molecule has 1 saturated heterocycles. The van der Waals surface area contributed by atoms with Crippen molar-refractivity contribution in [2.24, 2.45) is 0 Å². The lowest BCUT2D eigenvalue weighted by atomic mass is 10.1. The summed E-state index contributed by atoms with van der Waals surface area (Å²) in [5, 5.41) is 18.1. The number of aliphatic hydroxyl groups excluding tert-OH is 1. The van der Waals surface area contributed by atoms with Gasteiger partial charge in [0.25, 0.3) is 0 Å². The quantitative estimate of drug-likeness (QED) is 0.211. The number of likely N-dealkylation sites (tertiary alicyclic amines) is 1. The van der Waals surface area contributed by atoms with Crippen LogP contribution in [0.2, 0.25) is 5.02 Å². The van der Waals surface area contributed by atoms with E-state index in [2.05, 4.69) is 10.4 Å². The summed E-state index contributed by atoms with van der Waals surface area (Å²) in [5.41, 5.74) is 0.568. The Hall–Kier alpha value is -2.93. The molecule has 3 aromatic rings. The molecule has 234 valence electrons. The van der Waals surface area contributed by atoms with Gasteiger partial charge in [-0.2, -0.15) is 5.10 Å². The van der Waals surface area contributed by atoms with E-state index in [1.165, 1.54) is 35.0 Å². The maximum atomic E-state index is 14.6. The Balaban J connectivity index is 1.62. The minimum Gasteiger partial charge on any atom is -0.363 e. The summed E-state index contributed by atoms with van der Waals surface area (Å²) in [7, 11) is -3.72. The molecule has 1 fully saturated rings. The number of carbonyl (C=O) groups is 2. The number of aliphatic hydroxyl groups is 1. The Bertz CT molecular complexity index is 1510. The van der Waals surface area contributed by atoms with Crippen LogP contribution in [0.3, 0.4) is 0 Å². The van der Waals surface area contributed by atoms with Gasteiger partial charge in [-0.15, -0.1) is 0 Å². The average Bonchev–Trinajstić information content (AvgIpc) is 3.54. The SMILES string of the molecule is CCOC(O)c1nn(CC(=O)N2C[C@H](F)C[C@H]2C(=O)NCc2cccc(Cl)c2F)c2cc(P(=O)(OCC)OCC)ccc12. The number of hydrogen-bond acceptors (Lipinski definition) is 8. The molecule has 1 aliphatic rings. The second-order valence-electron chi connectivity index (χ2n) is 9.71. The van der Waals surface area contributed by atoms with Crippen molar-refractivity contribution in [2.45, 2.75) is 58.8 Å². The Kier molecular flexibility index (Phi) is 10.9. The third-order valence-electron chi connectivity index (χ3n) is 6.88. The Labute approximate surface area is 252 Å². The van der Waals surface area contributed by atoms with Crippen LogP contribution in [0.15, 0.2) is 36.4 Å². The zero-order valence-corrected chi connectivity index (χ0v) is 25.6. The van der Waals surface area contributed by atoms with Gasteiger partial charge in [0.1, 0.15) is 30.3 Å². The van der Waals surface area contributed by atoms with Crippen LogP contribution >= 0.6 is 19.2 Å². The number of amides is 2. The number of carbonyl (C=O) groups excluding carboxylic acids is 2. The Morgan fingerprint density at radius 2 is 1.91 bits per heavy atom. The van der Waals surface area contributed by atoms with Gasteiger partial charge in [0.2, 0.25) is 18.1 Å². The first kappa shape index (κ1) is 33.0. The summed E-state index contributed by atoms with van der Waals surface area (Å²) in [4.78, 5) is 27.7.